The van der Waals surface area contributed by atoms with Crippen LogP contribution >= 0.6 is 11.6 Å². The van der Waals surface area contributed by atoms with Gasteiger partial charge in [0, 0.05) is 18.0 Å². The Morgan fingerprint density at radius 2 is 1.85 bits per heavy atom. The van der Waals surface area contributed by atoms with Crippen LogP contribution in [0.2, 0.25) is 5.02 Å². The number of ketones is 1. The zero-order valence-electron chi connectivity index (χ0n) is 12.3. The van der Waals surface area contributed by atoms with Gasteiger partial charge < -0.3 is 10.6 Å². The molecule has 0 aliphatic heterocycles. The third-order valence-electron chi connectivity index (χ3n) is 2.70. The Kier molecular flexibility index (Phi) is 6.02. The zero-order chi connectivity index (χ0) is 15.3. The van der Waals surface area contributed by atoms with E-state index in [4.69, 9.17) is 11.6 Å². The average Bonchev–Trinajstić information content (AvgIpc) is 2.37. The van der Waals surface area contributed by atoms with Crippen LogP contribution in [0.25, 0.3) is 0 Å². The number of nitrogens with one attached hydrogen (secondary N) is 2. The molecule has 1 aromatic rings. The second-order valence-electron chi connectivity index (χ2n) is 5.44. The highest BCUT2D eigenvalue weighted by Gasteiger charge is 2.13. The van der Waals surface area contributed by atoms with Crippen molar-refractivity contribution in [2.24, 2.45) is 11.8 Å². The van der Waals surface area contributed by atoms with E-state index in [2.05, 4.69) is 10.6 Å². The van der Waals surface area contributed by atoms with Crippen molar-refractivity contribution in [3.05, 3.63) is 28.8 Å². The van der Waals surface area contributed by atoms with Gasteiger partial charge in [-0.05, 0) is 24.1 Å². The summed E-state index contributed by atoms with van der Waals surface area (Å²) in [7, 11) is 0. The molecule has 0 bridgehead atoms. The van der Waals surface area contributed by atoms with Crippen LogP contribution in [0.1, 0.15) is 38.1 Å². The summed E-state index contributed by atoms with van der Waals surface area (Å²) in [6.07, 6.45) is 0. The fraction of sp³-hybridized carbons (Fsp3) is 0.467. The van der Waals surface area contributed by atoms with Crippen LogP contribution in [0.5, 0.6) is 0 Å². The molecule has 5 heteroatoms. The monoisotopic (exact) mass is 296 g/mol. The Bertz CT molecular complexity index is 499. The lowest BCUT2D eigenvalue weighted by Crippen LogP contribution is -2.31. The van der Waals surface area contributed by atoms with Crippen molar-refractivity contribution in [1.29, 1.82) is 0 Å². The topological polar surface area (TPSA) is 58.2 Å². The van der Waals surface area contributed by atoms with Gasteiger partial charge in [0.25, 0.3) is 0 Å². The average molecular weight is 297 g/mol. The number of Topliss-reactive ketones (excluding diaryl/α,β-unsaturated/α-hetero) is 1. The molecule has 0 fully saturated rings. The number of carbonyl (C=O) groups excluding carboxylic acids is 2. The quantitative estimate of drug-likeness (QED) is 0.808. The highest BCUT2D eigenvalue weighted by molar-refractivity contribution is 6.34. The minimum atomic E-state index is -0.302. The minimum absolute atomic E-state index is 0.0303. The number of benzene rings is 1. The molecule has 20 heavy (non-hydrogen) atoms. The first kappa shape index (κ1) is 16.5. The molecule has 0 radical (unpaired) electrons. The first-order chi connectivity index (χ1) is 9.31. The van der Waals surface area contributed by atoms with E-state index >= 15 is 0 Å². The van der Waals surface area contributed by atoms with E-state index in [-0.39, 0.29) is 17.7 Å². The predicted octanol–water partition coefficient (Wildman–Crippen LogP) is 3.96. The molecule has 0 unspecified atom stereocenters. The number of rotatable bonds is 5. The van der Waals surface area contributed by atoms with E-state index < -0.39 is 0 Å². The molecule has 0 saturated carbocycles. The van der Waals surface area contributed by atoms with Crippen LogP contribution in [0, 0.1) is 11.8 Å². The lowest BCUT2D eigenvalue weighted by Gasteiger charge is -2.12. The van der Waals surface area contributed by atoms with Crippen LogP contribution in [-0.2, 0) is 0 Å². The van der Waals surface area contributed by atoms with Gasteiger partial charge in [-0.1, -0.05) is 39.3 Å². The van der Waals surface area contributed by atoms with Crippen molar-refractivity contribution in [3.8, 4) is 0 Å². The fourth-order valence-electron chi connectivity index (χ4n) is 1.57. The molecule has 0 aromatic heterocycles. The standard InChI is InChI=1S/C15H21ClN2O2/c1-9(2)8-17-15(20)18-13-6-5-11(7-12(13)16)14(19)10(3)4/h5-7,9-10H,8H2,1-4H3,(H2,17,18,20). The van der Waals surface area contributed by atoms with Crippen molar-refractivity contribution in [1.82, 2.24) is 5.32 Å². The summed E-state index contributed by atoms with van der Waals surface area (Å²) < 4.78 is 0. The molecule has 1 aromatic carbocycles. The highest BCUT2D eigenvalue weighted by atomic mass is 35.5. The van der Waals surface area contributed by atoms with Crippen LogP contribution in [0.3, 0.4) is 0 Å². The third-order valence-corrected chi connectivity index (χ3v) is 3.01. The van der Waals surface area contributed by atoms with Gasteiger partial charge in [0.05, 0.1) is 10.7 Å². The molecule has 4 nitrogen and oxygen atoms in total. The minimum Gasteiger partial charge on any atom is -0.338 e. The van der Waals surface area contributed by atoms with Gasteiger partial charge >= 0.3 is 6.03 Å². The Morgan fingerprint density at radius 1 is 1.20 bits per heavy atom. The molecule has 0 aliphatic carbocycles. The summed E-state index contributed by atoms with van der Waals surface area (Å²) in [5.41, 5.74) is 1.05. The van der Waals surface area contributed by atoms with E-state index in [0.29, 0.717) is 28.7 Å². The second-order valence-corrected chi connectivity index (χ2v) is 5.85. The normalized spacial score (nSPS) is 10.8. The van der Waals surface area contributed by atoms with Crippen molar-refractivity contribution < 1.29 is 9.59 Å². The summed E-state index contributed by atoms with van der Waals surface area (Å²) in [5, 5.41) is 5.76. The van der Waals surface area contributed by atoms with Gasteiger partial charge in [0.2, 0.25) is 0 Å². The Labute approximate surface area is 124 Å². The number of urea groups is 1. The lowest BCUT2D eigenvalue weighted by atomic mass is 10.0. The van der Waals surface area contributed by atoms with E-state index in [1.165, 1.54) is 0 Å². The van der Waals surface area contributed by atoms with Gasteiger partial charge in [-0.2, -0.15) is 0 Å². The van der Waals surface area contributed by atoms with Gasteiger partial charge in [-0.3, -0.25) is 4.79 Å². The molecule has 0 heterocycles. The SMILES string of the molecule is CC(C)CNC(=O)Nc1ccc(C(=O)C(C)C)cc1Cl. The molecular weight excluding hydrogens is 276 g/mol. The van der Waals surface area contributed by atoms with E-state index in [0.717, 1.165) is 0 Å². The smallest absolute Gasteiger partial charge is 0.319 e. The number of carbonyl (C=O) groups is 2. The summed E-state index contributed by atoms with van der Waals surface area (Å²) >= 11 is 6.09. The molecule has 1 rings (SSSR count). The Hall–Kier alpha value is -1.55. The maximum absolute atomic E-state index is 11.8. The maximum atomic E-state index is 11.8. The molecule has 2 amide bonds. The largest absolute Gasteiger partial charge is 0.338 e. The van der Waals surface area contributed by atoms with Crippen molar-refractivity contribution >= 4 is 29.1 Å². The third kappa shape index (κ3) is 4.85. The van der Waals surface area contributed by atoms with Gasteiger partial charge in [-0.25, -0.2) is 4.79 Å². The van der Waals surface area contributed by atoms with Crippen molar-refractivity contribution in [2.75, 3.05) is 11.9 Å². The van der Waals surface area contributed by atoms with E-state index in [1.807, 2.05) is 27.7 Å². The number of hydrogen-bond acceptors (Lipinski definition) is 2. The number of hydrogen-bond donors (Lipinski definition) is 2. The van der Waals surface area contributed by atoms with E-state index in [1.54, 1.807) is 18.2 Å². The molecule has 0 saturated heterocycles. The predicted molar refractivity (Wildman–Crippen MR) is 82.5 cm³/mol. The summed E-state index contributed by atoms with van der Waals surface area (Å²) in [5.74, 6) is 0.323. The lowest BCUT2D eigenvalue weighted by molar-refractivity contribution is 0.0939. The second kappa shape index (κ2) is 7.29. The molecular formula is C15H21ClN2O2. The fourth-order valence-corrected chi connectivity index (χ4v) is 1.79. The number of halogens is 1. The van der Waals surface area contributed by atoms with E-state index in [9.17, 15) is 9.59 Å². The summed E-state index contributed by atoms with van der Waals surface area (Å²) in [6.45, 7) is 8.29. The van der Waals surface area contributed by atoms with Crippen LogP contribution in [0.15, 0.2) is 18.2 Å². The van der Waals surface area contributed by atoms with Gasteiger partial charge in [0.15, 0.2) is 5.78 Å². The highest BCUT2D eigenvalue weighted by Crippen LogP contribution is 2.24. The zero-order valence-corrected chi connectivity index (χ0v) is 13.0. The Balaban J connectivity index is 2.74. The van der Waals surface area contributed by atoms with Crippen LogP contribution in [0.4, 0.5) is 10.5 Å². The molecule has 0 atom stereocenters. The number of amides is 2. The van der Waals surface area contributed by atoms with Crippen LogP contribution < -0.4 is 10.6 Å². The summed E-state index contributed by atoms with van der Waals surface area (Å²) in [6, 6.07) is 4.60. The molecule has 0 spiro atoms. The number of anilines is 1. The molecule has 0 aliphatic rings. The van der Waals surface area contributed by atoms with Gasteiger partial charge in [-0.15, -0.1) is 0 Å². The first-order valence-electron chi connectivity index (χ1n) is 6.70. The van der Waals surface area contributed by atoms with Crippen molar-refractivity contribution in [3.63, 3.8) is 0 Å². The van der Waals surface area contributed by atoms with Gasteiger partial charge in [0.1, 0.15) is 0 Å². The maximum Gasteiger partial charge on any atom is 0.319 e. The Morgan fingerprint density at radius 3 is 2.35 bits per heavy atom. The molecule has 110 valence electrons. The summed E-state index contributed by atoms with van der Waals surface area (Å²) in [4.78, 5) is 23.5. The van der Waals surface area contributed by atoms with Crippen LogP contribution in [-0.4, -0.2) is 18.4 Å². The molecule has 2 N–H and O–H groups in total. The first-order valence-corrected chi connectivity index (χ1v) is 7.07. The van der Waals surface area contributed by atoms with Crippen molar-refractivity contribution in [2.45, 2.75) is 27.7 Å².